The lowest BCUT2D eigenvalue weighted by Crippen LogP contribution is -2.44. The fourth-order valence-electron chi connectivity index (χ4n) is 2.68. The van der Waals surface area contributed by atoms with Gasteiger partial charge in [0.15, 0.2) is 0 Å². The van der Waals surface area contributed by atoms with E-state index >= 15 is 0 Å². The molecule has 0 radical (unpaired) electrons. The van der Waals surface area contributed by atoms with Crippen molar-refractivity contribution in [1.29, 1.82) is 0 Å². The van der Waals surface area contributed by atoms with Crippen molar-refractivity contribution in [2.75, 3.05) is 0 Å². The van der Waals surface area contributed by atoms with Gasteiger partial charge in [-0.3, -0.25) is 4.79 Å². The Balaban J connectivity index is 2.04. The van der Waals surface area contributed by atoms with Crippen molar-refractivity contribution in [3.63, 3.8) is 0 Å². The largest absolute Gasteiger partial charge is 0.480 e. The molecule has 0 aliphatic heterocycles. The molecule has 0 spiro atoms. The predicted octanol–water partition coefficient (Wildman–Crippen LogP) is 2.92. The zero-order chi connectivity index (χ0) is 15.0. The number of amides is 1. The van der Waals surface area contributed by atoms with Crippen molar-refractivity contribution in [3.8, 4) is 0 Å². The molecule has 0 heterocycles. The molecular formula is C17H17NO3. The second-order valence-corrected chi connectivity index (χ2v) is 5.48. The van der Waals surface area contributed by atoms with Gasteiger partial charge in [0.2, 0.25) is 0 Å². The van der Waals surface area contributed by atoms with Crippen molar-refractivity contribution in [1.82, 2.24) is 4.90 Å². The lowest BCUT2D eigenvalue weighted by atomic mass is 10.0. The molecule has 4 nitrogen and oxygen atoms in total. The van der Waals surface area contributed by atoms with Crippen molar-refractivity contribution in [2.24, 2.45) is 0 Å². The van der Waals surface area contributed by atoms with Crippen LogP contribution in [0.2, 0.25) is 0 Å². The number of hydrogen-bond acceptors (Lipinski definition) is 2. The molecule has 1 aliphatic rings. The van der Waals surface area contributed by atoms with E-state index in [0.29, 0.717) is 5.56 Å². The molecule has 1 saturated carbocycles. The van der Waals surface area contributed by atoms with Gasteiger partial charge in [-0.15, -0.1) is 0 Å². The van der Waals surface area contributed by atoms with Gasteiger partial charge >= 0.3 is 5.97 Å². The fraction of sp³-hybridized carbons (Fsp3) is 0.294. The first-order valence-electron chi connectivity index (χ1n) is 7.13. The third-order valence-corrected chi connectivity index (χ3v) is 3.97. The minimum Gasteiger partial charge on any atom is -0.480 e. The summed E-state index contributed by atoms with van der Waals surface area (Å²) in [6.07, 6.45) is 1.77. The van der Waals surface area contributed by atoms with Crippen LogP contribution in [-0.2, 0) is 4.79 Å². The Kier molecular flexibility index (Phi) is 3.37. The Morgan fingerprint density at radius 3 is 2.48 bits per heavy atom. The van der Waals surface area contributed by atoms with Crippen LogP contribution < -0.4 is 0 Å². The Hall–Kier alpha value is -2.36. The summed E-state index contributed by atoms with van der Waals surface area (Å²) in [7, 11) is 0. The molecule has 4 heteroatoms. The number of rotatable bonds is 4. The van der Waals surface area contributed by atoms with E-state index < -0.39 is 12.0 Å². The van der Waals surface area contributed by atoms with E-state index in [2.05, 4.69) is 0 Å². The topological polar surface area (TPSA) is 57.6 Å². The average molecular weight is 283 g/mol. The quantitative estimate of drug-likeness (QED) is 0.938. The first-order chi connectivity index (χ1) is 10.1. The van der Waals surface area contributed by atoms with E-state index in [1.165, 1.54) is 4.90 Å². The highest BCUT2D eigenvalue weighted by atomic mass is 16.4. The molecule has 2 aromatic rings. The van der Waals surface area contributed by atoms with Gasteiger partial charge in [-0.25, -0.2) is 4.79 Å². The van der Waals surface area contributed by atoms with Crippen molar-refractivity contribution >= 4 is 22.6 Å². The molecule has 1 fully saturated rings. The molecule has 3 rings (SSSR count). The smallest absolute Gasteiger partial charge is 0.326 e. The third-order valence-electron chi connectivity index (χ3n) is 3.97. The standard InChI is InChI=1S/C17H17NO3/c1-11(17(20)21)18(13-9-10-13)16(19)15-8-4-6-12-5-2-3-7-14(12)15/h2-8,11,13H,9-10H2,1H3,(H,20,21). The fourth-order valence-corrected chi connectivity index (χ4v) is 2.68. The van der Waals surface area contributed by atoms with Crippen molar-refractivity contribution < 1.29 is 14.7 Å². The first kappa shape index (κ1) is 13.6. The van der Waals surface area contributed by atoms with E-state index in [-0.39, 0.29) is 11.9 Å². The maximum atomic E-state index is 12.8. The van der Waals surface area contributed by atoms with Crippen LogP contribution in [0.5, 0.6) is 0 Å². The number of carboxylic acids is 1. The highest BCUT2D eigenvalue weighted by Gasteiger charge is 2.39. The van der Waals surface area contributed by atoms with Crippen LogP contribution in [0, 0.1) is 0 Å². The van der Waals surface area contributed by atoms with Crippen LogP contribution in [0.1, 0.15) is 30.1 Å². The average Bonchev–Trinajstić information content (AvgIpc) is 3.31. The molecule has 1 N–H and O–H groups in total. The number of benzene rings is 2. The molecule has 0 aromatic heterocycles. The zero-order valence-electron chi connectivity index (χ0n) is 11.8. The summed E-state index contributed by atoms with van der Waals surface area (Å²) in [5, 5.41) is 11.1. The van der Waals surface area contributed by atoms with Gasteiger partial charge in [-0.05, 0) is 36.6 Å². The van der Waals surface area contributed by atoms with Crippen LogP contribution in [0.25, 0.3) is 10.8 Å². The molecule has 1 aliphatic carbocycles. The highest BCUT2D eigenvalue weighted by molar-refractivity contribution is 6.08. The zero-order valence-corrected chi connectivity index (χ0v) is 11.8. The van der Waals surface area contributed by atoms with Gasteiger partial charge in [0.25, 0.3) is 5.91 Å². The summed E-state index contributed by atoms with van der Waals surface area (Å²) in [6, 6.07) is 12.5. The summed E-state index contributed by atoms with van der Waals surface area (Å²) >= 11 is 0. The van der Waals surface area contributed by atoms with Crippen LogP contribution in [-0.4, -0.2) is 34.0 Å². The van der Waals surface area contributed by atoms with Crippen LogP contribution in [0.15, 0.2) is 42.5 Å². The number of fused-ring (bicyclic) bond motifs is 1. The summed E-state index contributed by atoms with van der Waals surface area (Å²) < 4.78 is 0. The normalized spacial score (nSPS) is 15.7. The number of carbonyl (C=O) groups is 2. The van der Waals surface area contributed by atoms with E-state index in [4.69, 9.17) is 0 Å². The number of nitrogens with zero attached hydrogens (tertiary/aromatic N) is 1. The van der Waals surface area contributed by atoms with Crippen LogP contribution in [0.3, 0.4) is 0 Å². The molecule has 1 atom stereocenters. The minimum atomic E-state index is -0.963. The lowest BCUT2D eigenvalue weighted by Gasteiger charge is -2.27. The van der Waals surface area contributed by atoms with Gasteiger partial charge < -0.3 is 10.0 Å². The van der Waals surface area contributed by atoms with Crippen molar-refractivity contribution in [2.45, 2.75) is 31.8 Å². The molecular weight excluding hydrogens is 266 g/mol. The molecule has 0 bridgehead atoms. The maximum absolute atomic E-state index is 12.8. The van der Waals surface area contributed by atoms with Crippen molar-refractivity contribution in [3.05, 3.63) is 48.0 Å². The van der Waals surface area contributed by atoms with Crippen LogP contribution >= 0.6 is 0 Å². The molecule has 21 heavy (non-hydrogen) atoms. The van der Waals surface area contributed by atoms with E-state index in [1.54, 1.807) is 13.0 Å². The summed E-state index contributed by atoms with van der Waals surface area (Å²) in [4.78, 5) is 25.6. The highest BCUT2D eigenvalue weighted by Crippen LogP contribution is 2.31. The molecule has 108 valence electrons. The number of carboxylic acid groups (broad SMARTS) is 1. The van der Waals surface area contributed by atoms with E-state index in [9.17, 15) is 14.7 Å². The predicted molar refractivity (Wildman–Crippen MR) is 80.2 cm³/mol. The Labute approximate surface area is 123 Å². The Bertz CT molecular complexity index is 701. The van der Waals surface area contributed by atoms with Gasteiger partial charge in [-0.1, -0.05) is 36.4 Å². The summed E-state index contributed by atoms with van der Waals surface area (Å²) in [5.41, 5.74) is 0.577. The SMILES string of the molecule is CC(C(=O)O)N(C(=O)c1cccc2ccccc12)C1CC1. The Morgan fingerprint density at radius 1 is 1.14 bits per heavy atom. The third kappa shape index (κ3) is 2.49. The van der Waals surface area contributed by atoms with E-state index in [0.717, 1.165) is 23.6 Å². The van der Waals surface area contributed by atoms with Gasteiger partial charge in [0.1, 0.15) is 6.04 Å². The van der Waals surface area contributed by atoms with Gasteiger partial charge in [0.05, 0.1) is 0 Å². The second-order valence-electron chi connectivity index (χ2n) is 5.48. The number of aliphatic carboxylic acids is 1. The number of carbonyl (C=O) groups excluding carboxylic acids is 1. The maximum Gasteiger partial charge on any atom is 0.326 e. The number of hydrogen-bond donors (Lipinski definition) is 1. The Morgan fingerprint density at radius 2 is 1.81 bits per heavy atom. The summed E-state index contributed by atoms with van der Waals surface area (Å²) in [6.45, 7) is 1.57. The summed E-state index contributed by atoms with van der Waals surface area (Å²) in [5.74, 6) is -1.15. The van der Waals surface area contributed by atoms with Crippen LogP contribution in [0.4, 0.5) is 0 Å². The molecule has 1 unspecified atom stereocenters. The first-order valence-corrected chi connectivity index (χ1v) is 7.13. The monoisotopic (exact) mass is 283 g/mol. The van der Waals surface area contributed by atoms with E-state index in [1.807, 2.05) is 36.4 Å². The lowest BCUT2D eigenvalue weighted by molar-refractivity contribution is -0.141. The van der Waals surface area contributed by atoms with Gasteiger partial charge in [0, 0.05) is 11.6 Å². The second kappa shape index (κ2) is 5.20. The molecule has 0 saturated heterocycles. The molecule has 1 amide bonds. The van der Waals surface area contributed by atoms with Gasteiger partial charge in [-0.2, -0.15) is 0 Å². The minimum absolute atomic E-state index is 0.0579. The molecule has 2 aromatic carbocycles.